The molecular weight excluding hydrogens is 506 g/mol. The zero-order valence-corrected chi connectivity index (χ0v) is 16.8. The Bertz CT molecular complexity index is 1090. The van der Waals surface area contributed by atoms with Gasteiger partial charge in [0.15, 0.2) is 0 Å². The van der Waals surface area contributed by atoms with Crippen molar-refractivity contribution >= 4 is 5.69 Å². The van der Waals surface area contributed by atoms with Crippen LogP contribution >= 0.6 is 0 Å². The molecule has 2 N–H and O–H groups in total. The van der Waals surface area contributed by atoms with Crippen molar-refractivity contribution in [2.45, 2.75) is 24.7 Å². The van der Waals surface area contributed by atoms with Gasteiger partial charge in [-0.05, 0) is 47.5 Å². The fourth-order valence-electron chi connectivity index (χ4n) is 3.29. The van der Waals surface area contributed by atoms with E-state index < -0.39 is 74.9 Å². The molecule has 3 rings (SSSR count). The summed E-state index contributed by atoms with van der Waals surface area (Å²) < 4.78 is 158. The van der Waals surface area contributed by atoms with Gasteiger partial charge in [-0.2, -0.15) is 52.7 Å². The zero-order chi connectivity index (χ0) is 26.6. The summed E-state index contributed by atoms with van der Waals surface area (Å²) in [5, 5.41) is 0. The van der Waals surface area contributed by atoms with Gasteiger partial charge in [0.05, 0.1) is 22.3 Å². The molecule has 3 aromatic carbocycles. The van der Waals surface area contributed by atoms with Crippen molar-refractivity contribution in [2.24, 2.45) is 0 Å². The SMILES string of the molecule is Nc1c(-c2cc(C(F)(F)F)cc(C(F)(F)F)c2)cccc1-c1cc(C(F)(F)F)cc(C(F)(F)F)c1. The molecule has 0 bridgehead atoms. The van der Waals surface area contributed by atoms with E-state index in [1.165, 1.54) is 0 Å². The predicted molar refractivity (Wildman–Crippen MR) is 102 cm³/mol. The molecule has 0 amide bonds. The van der Waals surface area contributed by atoms with Gasteiger partial charge < -0.3 is 5.73 Å². The number of hydrogen-bond donors (Lipinski definition) is 1. The first-order chi connectivity index (χ1) is 15.8. The van der Waals surface area contributed by atoms with Gasteiger partial charge in [-0.25, -0.2) is 0 Å². The van der Waals surface area contributed by atoms with Crippen LogP contribution in [0.4, 0.5) is 58.4 Å². The largest absolute Gasteiger partial charge is 0.416 e. The van der Waals surface area contributed by atoms with Gasteiger partial charge in [0.1, 0.15) is 0 Å². The van der Waals surface area contributed by atoms with Crippen LogP contribution in [0.5, 0.6) is 0 Å². The third-order valence-corrected chi connectivity index (χ3v) is 4.90. The van der Waals surface area contributed by atoms with Crippen LogP contribution in [-0.2, 0) is 24.7 Å². The molecule has 35 heavy (non-hydrogen) atoms. The molecule has 0 aliphatic rings. The zero-order valence-electron chi connectivity index (χ0n) is 16.8. The summed E-state index contributed by atoms with van der Waals surface area (Å²) >= 11 is 0. The molecule has 13 heteroatoms. The lowest BCUT2D eigenvalue weighted by Crippen LogP contribution is -2.11. The number of benzene rings is 3. The van der Waals surface area contributed by atoms with E-state index in [1.54, 1.807) is 0 Å². The van der Waals surface area contributed by atoms with E-state index in [-0.39, 0.29) is 12.1 Å². The quantitative estimate of drug-likeness (QED) is 0.267. The molecule has 0 unspecified atom stereocenters. The van der Waals surface area contributed by atoms with E-state index in [9.17, 15) is 52.7 Å². The maximum Gasteiger partial charge on any atom is 0.416 e. The Labute approximate surface area is 188 Å². The Morgan fingerprint density at radius 2 is 0.686 bits per heavy atom. The van der Waals surface area contributed by atoms with Crippen LogP contribution in [0.1, 0.15) is 22.3 Å². The van der Waals surface area contributed by atoms with Crippen molar-refractivity contribution < 1.29 is 52.7 Å². The van der Waals surface area contributed by atoms with Gasteiger partial charge in [-0.1, -0.05) is 18.2 Å². The summed E-state index contributed by atoms with van der Waals surface area (Å²) in [6, 6.07) is 4.13. The molecule has 0 fully saturated rings. The molecular formula is C22H11F12N. The standard InChI is InChI=1S/C22H11F12N/c23-19(24,25)12-4-10(5-13(8-12)20(26,27)28)16-2-1-3-17(18(16)35)11-6-14(21(29,30)31)9-15(7-11)22(32,33)34/h1-9H,35H2. The summed E-state index contributed by atoms with van der Waals surface area (Å²) in [4.78, 5) is 0. The second kappa shape index (κ2) is 8.38. The molecule has 0 radical (unpaired) electrons. The minimum absolute atomic E-state index is 0.133. The Hall–Kier alpha value is -3.38. The maximum absolute atomic E-state index is 13.2. The number of hydrogen-bond acceptors (Lipinski definition) is 1. The lowest BCUT2D eigenvalue weighted by atomic mass is 9.92. The highest BCUT2D eigenvalue weighted by Gasteiger charge is 2.38. The average Bonchev–Trinajstić information content (AvgIpc) is 2.70. The Morgan fingerprint density at radius 1 is 0.429 bits per heavy atom. The van der Waals surface area contributed by atoms with E-state index in [0.717, 1.165) is 18.2 Å². The van der Waals surface area contributed by atoms with Crippen LogP contribution in [0.15, 0.2) is 54.6 Å². The fourth-order valence-corrected chi connectivity index (χ4v) is 3.29. The first kappa shape index (κ1) is 26.2. The third-order valence-electron chi connectivity index (χ3n) is 4.90. The highest BCUT2D eigenvalue weighted by Crippen LogP contribution is 2.43. The van der Waals surface area contributed by atoms with Crippen LogP contribution in [0.25, 0.3) is 22.3 Å². The smallest absolute Gasteiger partial charge is 0.398 e. The number of alkyl halides is 12. The Kier molecular flexibility index (Phi) is 6.28. The van der Waals surface area contributed by atoms with E-state index in [2.05, 4.69) is 0 Å². The first-order valence-corrected chi connectivity index (χ1v) is 9.26. The second-order valence-corrected chi connectivity index (χ2v) is 7.36. The number of nitrogens with two attached hydrogens (primary N) is 1. The number of nitrogen functional groups attached to an aromatic ring is 1. The average molecular weight is 517 g/mol. The van der Waals surface area contributed by atoms with Crippen molar-refractivity contribution in [1.29, 1.82) is 0 Å². The van der Waals surface area contributed by atoms with Crippen LogP contribution in [0.3, 0.4) is 0 Å². The van der Waals surface area contributed by atoms with Crippen molar-refractivity contribution in [3.8, 4) is 22.3 Å². The minimum Gasteiger partial charge on any atom is -0.398 e. The third kappa shape index (κ3) is 5.65. The maximum atomic E-state index is 13.2. The molecule has 3 aromatic rings. The molecule has 0 atom stereocenters. The molecule has 0 saturated carbocycles. The summed E-state index contributed by atoms with van der Waals surface area (Å²) in [5.41, 5.74) is -3.74. The topological polar surface area (TPSA) is 26.0 Å². The molecule has 188 valence electrons. The molecule has 0 saturated heterocycles. The van der Waals surface area contributed by atoms with Crippen molar-refractivity contribution in [1.82, 2.24) is 0 Å². The Balaban J connectivity index is 2.29. The van der Waals surface area contributed by atoms with Gasteiger partial charge in [-0.15, -0.1) is 0 Å². The lowest BCUT2D eigenvalue weighted by molar-refractivity contribution is -0.144. The monoisotopic (exact) mass is 517 g/mol. The lowest BCUT2D eigenvalue weighted by Gasteiger charge is -2.18. The van der Waals surface area contributed by atoms with Gasteiger partial charge in [0.25, 0.3) is 0 Å². The van der Waals surface area contributed by atoms with E-state index in [1.807, 2.05) is 0 Å². The molecule has 0 aromatic heterocycles. The van der Waals surface area contributed by atoms with Crippen molar-refractivity contribution in [3.05, 3.63) is 76.9 Å². The fraction of sp³-hybridized carbons (Fsp3) is 0.182. The molecule has 0 aliphatic carbocycles. The predicted octanol–water partition coefficient (Wildman–Crippen LogP) is 8.68. The van der Waals surface area contributed by atoms with E-state index >= 15 is 0 Å². The molecule has 0 aliphatic heterocycles. The van der Waals surface area contributed by atoms with Gasteiger partial charge >= 0.3 is 24.7 Å². The van der Waals surface area contributed by atoms with Crippen molar-refractivity contribution in [3.63, 3.8) is 0 Å². The van der Waals surface area contributed by atoms with Crippen LogP contribution in [0, 0.1) is 0 Å². The second-order valence-electron chi connectivity index (χ2n) is 7.36. The van der Waals surface area contributed by atoms with Gasteiger partial charge in [0, 0.05) is 16.8 Å². The number of para-hydroxylation sites is 1. The van der Waals surface area contributed by atoms with Crippen LogP contribution < -0.4 is 5.73 Å². The van der Waals surface area contributed by atoms with Gasteiger partial charge in [-0.3, -0.25) is 0 Å². The highest BCUT2D eigenvalue weighted by atomic mass is 19.4. The summed E-state index contributed by atoms with van der Waals surface area (Å²) in [6.45, 7) is 0. The van der Waals surface area contributed by atoms with Crippen LogP contribution in [0.2, 0.25) is 0 Å². The highest BCUT2D eigenvalue weighted by molar-refractivity contribution is 5.89. The summed E-state index contributed by atoms with van der Waals surface area (Å²) in [7, 11) is 0. The Morgan fingerprint density at radius 3 is 0.914 bits per heavy atom. The minimum atomic E-state index is -5.19. The van der Waals surface area contributed by atoms with E-state index in [0.29, 0.717) is 24.3 Å². The molecule has 0 spiro atoms. The number of rotatable bonds is 2. The van der Waals surface area contributed by atoms with Crippen LogP contribution in [-0.4, -0.2) is 0 Å². The van der Waals surface area contributed by atoms with Crippen molar-refractivity contribution in [2.75, 3.05) is 5.73 Å². The normalized spacial score (nSPS) is 13.3. The summed E-state index contributed by atoms with van der Waals surface area (Å²) in [6.07, 6.45) is -20.8. The van der Waals surface area contributed by atoms with Gasteiger partial charge in [0.2, 0.25) is 0 Å². The summed E-state index contributed by atoms with van der Waals surface area (Å²) in [5.74, 6) is 0. The molecule has 1 nitrogen and oxygen atoms in total. The molecule has 0 heterocycles. The number of halogens is 12. The number of anilines is 1. The first-order valence-electron chi connectivity index (χ1n) is 9.26. The van der Waals surface area contributed by atoms with E-state index in [4.69, 9.17) is 5.73 Å².